The average Bonchev–Trinajstić information content (AvgIpc) is 2.75. The number of hydrogen-bond acceptors (Lipinski definition) is 4. The van der Waals surface area contributed by atoms with E-state index in [1.54, 1.807) is 0 Å². The Morgan fingerprint density at radius 1 is 1.27 bits per heavy atom. The highest BCUT2D eigenvalue weighted by atomic mass is 16.6. The van der Waals surface area contributed by atoms with Gasteiger partial charge in [0.1, 0.15) is 12.2 Å². The molecule has 1 aliphatic carbocycles. The molecule has 1 heterocycles. The first-order valence-corrected chi connectivity index (χ1v) is 3.86. The molecule has 64 valence electrons. The molecule has 1 unspecified atom stereocenters. The summed E-state index contributed by atoms with van der Waals surface area (Å²) in [6.07, 6.45) is -1.05. The van der Waals surface area contributed by atoms with Gasteiger partial charge in [0, 0.05) is 12.5 Å². The zero-order valence-electron chi connectivity index (χ0n) is 6.05. The van der Waals surface area contributed by atoms with E-state index in [9.17, 15) is 10.2 Å². The molecule has 2 rings (SSSR count). The molecule has 1 saturated heterocycles. The number of aliphatic hydroxyl groups is 3. The monoisotopic (exact) mass is 160 g/mol. The van der Waals surface area contributed by atoms with E-state index >= 15 is 0 Å². The Balaban J connectivity index is 2.03. The largest absolute Gasteiger partial charge is 0.396 e. The van der Waals surface area contributed by atoms with E-state index in [2.05, 4.69) is 0 Å². The van der Waals surface area contributed by atoms with Gasteiger partial charge in [-0.2, -0.15) is 0 Å². The number of aliphatic hydroxyl groups excluding tert-OH is 3. The molecule has 3 N–H and O–H groups in total. The molecule has 11 heavy (non-hydrogen) atoms. The van der Waals surface area contributed by atoms with E-state index in [1.807, 2.05) is 0 Å². The summed E-state index contributed by atoms with van der Waals surface area (Å²) < 4.78 is 5.07. The number of hydrogen-bond donors (Lipinski definition) is 3. The molecule has 0 aromatic heterocycles. The summed E-state index contributed by atoms with van der Waals surface area (Å²) in [5.74, 6) is -0.214. The Morgan fingerprint density at radius 3 is 2.64 bits per heavy atom. The molecule has 1 aliphatic heterocycles. The van der Waals surface area contributed by atoms with Crippen LogP contribution < -0.4 is 0 Å². The number of ether oxygens (including phenoxy) is 1. The van der Waals surface area contributed by atoms with Crippen LogP contribution in [0.3, 0.4) is 0 Å². The molecule has 1 saturated carbocycles. The first-order chi connectivity index (χ1) is 5.24. The van der Waals surface area contributed by atoms with Crippen LogP contribution in [0, 0.1) is 5.92 Å². The van der Waals surface area contributed by atoms with Crippen LogP contribution in [0.5, 0.6) is 0 Å². The van der Waals surface area contributed by atoms with Crippen molar-refractivity contribution in [3.8, 4) is 0 Å². The summed E-state index contributed by atoms with van der Waals surface area (Å²) in [6.45, 7) is -0.0786. The quantitative estimate of drug-likeness (QED) is 0.408. The third-order valence-corrected chi connectivity index (χ3v) is 2.56. The maximum absolute atomic E-state index is 9.34. The normalized spacial score (nSPS) is 55.4. The lowest BCUT2D eigenvalue weighted by Gasteiger charge is -2.27. The van der Waals surface area contributed by atoms with Gasteiger partial charge in [0.15, 0.2) is 0 Å². The first-order valence-electron chi connectivity index (χ1n) is 3.86. The molecule has 0 spiro atoms. The van der Waals surface area contributed by atoms with Crippen molar-refractivity contribution in [3.63, 3.8) is 0 Å². The van der Waals surface area contributed by atoms with Crippen LogP contribution in [-0.4, -0.2) is 46.3 Å². The van der Waals surface area contributed by atoms with Crippen LogP contribution in [0.1, 0.15) is 6.42 Å². The summed E-state index contributed by atoms with van der Waals surface area (Å²) in [4.78, 5) is 0. The van der Waals surface area contributed by atoms with E-state index in [0.29, 0.717) is 6.42 Å². The molecule has 4 nitrogen and oxygen atoms in total. The Labute approximate surface area is 64.4 Å². The number of rotatable bonds is 1. The van der Waals surface area contributed by atoms with Gasteiger partial charge in [0.05, 0.1) is 12.2 Å². The van der Waals surface area contributed by atoms with E-state index in [1.165, 1.54) is 0 Å². The molecule has 0 radical (unpaired) electrons. The standard InChI is InChI=1S/C7H12O4/c8-2-3-1-4-7(11-4)6(10)5(3)9/h3-10H,1-2H2/t3-,4-,5?,6+,7-/m1/s1. The van der Waals surface area contributed by atoms with E-state index in [4.69, 9.17) is 9.84 Å². The minimum absolute atomic E-state index is 0.0746. The molecular weight excluding hydrogens is 148 g/mol. The van der Waals surface area contributed by atoms with Crippen molar-refractivity contribution < 1.29 is 20.1 Å². The summed E-state index contributed by atoms with van der Waals surface area (Å²) in [5.41, 5.74) is 0. The van der Waals surface area contributed by atoms with Crippen molar-refractivity contribution in [2.24, 2.45) is 5.92 Å². The van der Waals surface area contributed by atoms with Gasteiger partial charge in [-0.25, -0.2) is 0 Å². The summed E-state index contributed by atoms with van der Waals surface area (Å²) >= 11 is 0. The smallest absolute Gasteiger partial charge is 0.113 e. The highest BCUT2D eigenvalue weighted by Crippen LogP contribution is 2.39. The lowest BCUT2D eigenvalue weighted by Crippen LogP contribution is -2.43. The third-order valence-electron chi connectivity index (χ3n) is 2.56. The van der Waals surface area contributed by atoms with Crippen molar-refractivity contribution in [1.82, 2.24) is 0 Å². The molecule has 5 atom stereocenters. The molecule has 0 aromatic carbocycles. The summed E-state index contributed by atoms with van der Waals surface area (Å²) in [6, 6.07) is 0. The minimum atomic E-state index is -0.816. The first kappa shape index (κ1) is 7.49. The topological polar surface area (TPSA) is 73.2 Å². The van der Waals surface area contributed by atoms with Gasteiger partial charge in [0.2, 0.25) is 0 Å². The maximum Gasteiger partial charge on any atom is 0.113 e. The zero-order valence-corrected chi connectivity index (χ0v) is 6.05. The highest BCUT2D eigenvalue weighted by molar-refractivity contribution is 5.02. The lowest BCUT2D eigenvalue weighted by atomic mass is 9.85. The number of fused-ring (bicyclic) bond motifs is 1. The fraction of sp³-hybridized carbons (Fsp3) is 1.00. The second-order valence-corrected chi connectivity index (χ2v) is 3.30. The van der Waals surface area contributed by atoms with E-state index in [-0.39, 0.29) is 24.7 Å². The second-order valence-electron chi connectivity index (χ2n) is 3.30. The Bertz CT molecular complexity index is 161. The van der Waals surface area contributed by atoms with Crippen LogP contribution in [0.25, 0.3) is 0 Å². The van der Waals surface area contributed by atoms with E-state index in [0.717, 1.165) is 0 Å². The van der Waals surface area contributed by atoms with Gasteiger partial charge in [-0.05, 0) is 6.42 Å². The molecular formula is C7H12O4. The molecule has 4 heteroatoms. The summed E-state index contributed by atoms with van der Waals surface area (Å²) in [7, 11) is 0. The van der Waals surface area contributed by atoms with E-state index < -0.39 is 12.2 Å². The highest BCUT2D eigenvalue weighted by Gasteiger charge is 2.54. The lowest BCUT2D eigenvalue weighted by molar-refractivity contribution is -0.0507. The maximum atomic E-state index is 9.34. The van der Waals surface area contributed by atoms with Crippen LogP contribution in [0.15, 0.2) is 0 Å². The van der Waals surface area contributed by atoms with Crippen LogP contribution >= 0.6 is 0 Å². The Hall–Kier alpha value is -0.160. The SMILES string of the molecule is OC[C@H]1C[C@H]2O[C@H]2[C@@H](O)C1O. The second kappa shape index (κ2) is 2.42. The molecule has 0 aromatic rings. The molecule has 2 aliphatic rings. The fourth-order valence-electron chi connectivity index (χ4n) is 1.74. The van der Waals surface area contributed by atoms with Gasteiger partial charge in [-0.3, -0.25) is 0 Å². The number of epoxide rings is 1. The minimum Gasteiger partial charge on any atom is -0.396 e. The van der Waals surface area contributed by atoms with Crippen molar-refractivity contribution in [3.05, 3.63) is 0 Å². The predicted molar refractivity (Wildman–Crippen MR) is 35.9 cm³/mol. The fourth-order valence-corrected chi connectivity index (χ4v) is 1.74. The zero-order chi connectivity index (χ0) is 8.01. The summed E-state index contributed by atoms with van der Waals surface area (Å²) in [5, 5.41) is 27.4. The van der Waals surface area contributed by atoms with Crippen molar-refractivity contribution in [2.75, 3.05) is 6.61 Å². The Kier molecular flexibility index (Phi) is 1.64. The van der Waals surface area contributed by atoms with Crippen molar-refractivity contribution >= 4 is 0 Å². The van der Waals surface area contributed by atoms with Gasteiger partial charge in [-0.1, -0.05) is 0 Å². The van der Waals surface area contributed by atoms with Gasteiger partial charge >= 0.3 is 0 Å². The molecule has 2 fully saturated rings. The third kappa shape index (κ3) is 1.06. The van der Waals surface area contributed by atoms with Gasteiger partial charge < -0.3 is 20.1 Å². The van der Waals surface area contributed by atoms with Crippen LogP contribution in [0.4, 0.5) is 0 Å². The van der Waals surface area contributed by atoms with Crippen molar-refractivity contribution in [2.45, 2.75) is 30.8 Å². The van der Waals surface area contributed by atoms with Crippen LogP contribution in [-0.2, 0) is 4.74 Å². The van der Waals surface area contributed by atoms with Crippen molar-refractivity contribution in [1.29, 1.82) is 0 Å². The van der Waals surface area contributed by atoms with Crippen LogP contribution in [0.2, 0.25) is 0 Å². The predicted octanol–water partition coefficient (Wildman–Crippen LogP) is -1.51. The van der Waals surface area contributed by atoms with Gasteiger partial charge in [-0.15, -0.1) is 0 Å². The molecule has 0 bridgehead atoms. The molecule has 0 amide bonds. The Morgan fingerprint density at radius 2 is 2.00 bits per heavy atom. The average molecular weight is 160 g/mol. The van der Waals surface area contributed by atoms with Gasteiger partial charge in [0.25, 0.3) is 0 Å².